The van der Waals surface area contributed by atoms with Crippen molar-refractivity contribution in [1.29, 1.82) is 0 Å². The summed E-state index contributed by atoms with van der Waals surface area (Å²) < 4.78 is 5.04. The van der Waals surface area contributed by atoms with Gasteiger partial charge in [-0.05, 0) is 61.2 Å². The Kier molecular flexibility index (Phi) is 6.14. The summed E-state index contributed by atoms with van der Waals surface area (Å²) in [6.07, 6.45) is 0.960. The van der Waals surface area contributed by atoms with Crippen LogP contribution in [0.4, 0.5) is 0 Å². The lowest BCUT2D eigenvalue weighted by Crippen LogP contribution is -2.29. The molecule has 2 aromatic rings. The van der Waals surface area contributed by atoms with E-state index in [0.717, 1.165) is 30.6 Å². The second-order valence-electron chi connectivity index (χ2n) is 6.63. The van der Waals surface area contributed by atoms with Gasteiger partial charge in [0.2, 0.25) is 0 Å². The molecule has 2 N–H and O–H groups in total. The third-order valence-electron chi connectivity index (χ3n) is 4.83. The fraction of sp³-hybridized carbons (Fsp3) is 0.333. The van der Waals surface area contributed by atoms with Crippen molar-refractivity contribution in [3.05, 3.63) is 58.6 Å². The Bertz CT molecular complexity index is 836. The van der Waals surface area contributed by atoms with Crippen molar-refractivity contribution >= 4 is 23.5 Å². The summed E-state index contributed by atoms with van der Waals surface area (Å²) in [5.74, 6) is -0.0240. The first kappa shape index (κ1) is 19.4. The first-order valence-electron chi connectivity index (χ1n) is 9.10. The van der Waals surface area contributed by atoms with Gasteiger partial charge in [-0.25, -0.2) is 4.79 Å². The molecule has 1 unspecified atom stereocenters. The van der Waals surface area contributed by atoms with E-state index in [4.69, 9.17) is 22.1 Å². The maximum atomic E-state index is 12.6. The van der Waals surface area contributed by atoms with Crippen LogP contribution in [-0.4, -0.2) is 43.0 Å². The topological polar surface area (TPSA) is 72.6 Å². The molecule has 1 amide bonds. The molecule has 0 radical (unpaired) electrons. The zero-order valence-electron chi connectivity index (χ0n) is 15.3. The van der Waals surface area contributed by atoms with Crippen LogP contribution in [0.15, 0.2) is 42.5 Å². The van der Waals surface area contributed by atoms with Crippen molar-refractivity contribution in [2.45, 2.75) is 13.3 Å². The number of halogens is 1. The van der Waals surface area contributed by atoms with Crippen LogP contribution in [-0.2, 0) is 4.74 Å². The molecule has 0 saturated carbocycles. The molecule has 1 saturated heterocycles. The van der Waals surface area contributed by atoms with Crippen molar-refractivity contribution in [2.75, 3.05) is 26.2 Å². The van der Waals surface area contributed by atoms with Gasteiger partial charge in [0.25, 0.3) is 5.91 Å². The number of benzene rings is 2. The first-order valence-corrected chi connectivity index (χ1v) is 9.47. The van der Waals surface area contributed by atoms with E-state index >= 15 is 0 Å². The van der Waals surface area contributed by atoms with Crippen molar-refractivity contribution in [1.82, 2.24) is 4.90 Å². The van der Waals surface area contributed by atoms with Crippen LogP contribution in [0.3, 0.4) is 0 Å². The van der Waals surface area contributed by atoms with E-state index in [-0.39, 0.29) is 12.5 Å². The largest absolute Gasteiger partial charge is 0.462 e. The summed E-state index contributed by atoms with van der Waals surface area (Å²) in [5, 5.41) is 0.354. The minimum Gasteiger partial charge on any atom is -0.462 e. The van der Waals surface area contributed by atoms with Crippen molar-refractivity contribution in [2.24, 2.45) is 11.7 Å². The van der Waals surface area contributed by atoms with E-state index in [2.05, 4.69) is 0 Å². The molecule has 2 aromatic carbocycles. The van der Waals surface area contributed by atoms with E-state index in [1.165, 1.54) is 0 Å². The molecule has 5 nitrogen and oxygen atoms in total. The summed E-state index contributed by atoms with van der Waals surface area (Å²) >= 11 is 6.12. The lowest BCUT2D eigenvalue weighted by atomic mass is 10.0. The minimum atomic E-state index is -0.445. The minimum absolute atomic E-state index is 0.0285. The number of carbonyl (C=O) groups is 2. The smallest absolute Gasteiger partial charge is 0.339 e. The van der Waals surface area contributed by atoms with Gasteiger partial charge in [-0.15, -0.1) is 0 Å². The van der Waals surface area contributed by atoms with Gasteiger partial charge in [-0.2, -0.15) is 0 Å². The molecule has 3 rings (SSSR count). The van der Waals surface area contributed by atoms with Gasteiger partial charge >= 0.3 is 5.97 Å². The molecule has 0 spiro atoms. The zero-order chi connectivity index (χ0) is 19.4. The Morgan fingerprint density at radius 2 is 1.89 bits per heavy atom. The first-order chi connectivity index (χ1) is 13.0. The van der Waals surface area contributed by atoms with Gasteiger partial charge in [-0.3, -0.25) is 4.79 Å². The second-order valence-corrected chi connectivity index (χ2v) is 7.04. The highest BCUT2D eigenvalue weighted by atomic mass is 35.5. The Balaban J connectivity index is 1.78. The van der Waals surface area contributed by atoms with Crippen LogP contribution in [0.25, 0.3) is 11.1 Å². The molecular weight excluding hydrogens is 364 g/mol. The number of amides is 1. The number of nitrogens with two attached hydrogens (primary N) is 1. The standard InChI is InChI=1S/C21H23ClN2O3/c1-2-27-21(26)18-11-17(7-8-19(18)22)15-3-5-16(6-4-15)20(25)24-10-9-14(12-23)13-24/h3-8,11,14H,2,9-10,12-13,23H2,1H3. The van der Waals surface area contributed by atoms with Gasteiger partial charge in [0.05, 0.1) is 17.2 Å². The molecule has 6 heteroatoms. The van der Waals surface area contributed by atoms with E-state index in [1.807, 2.05) is 35.2 Å². The molecule has 1 aliphatic rings. The highest BCUT2D eigenvalue weighted by Gasteiger charge is 2.25. The number of nitrogens with zero attached hydrogens (tertiary/aromatic N) is 1. The number of esters is 1. The van der Waals surface area contributed by atoms with Gasteiger partial charge in [0.15, 0.2) is 0 Å². The van der Waals surface area contributed by atoms with E-state index in [1.54, 1.807) is 19.1 Å². The van der Waals surface area contributed by atoms with E-state index < -0.39 is 5.97 Å². The number of ether oxygens (including phenoxy) is 1. The summed E-state index contributed by atoms with van der Waals surface area (Å²) in [6, 6.07) is 12.6. The van der Waals surface area contributed by atoms with Gasteiger partial charge in [-0.1, -0.05) is 29.8 Å². The van der Waals surface area contributed by atoms with Crippen molar-refractivity contribution in [3.8, 4) is 11.1 Å². The van der Waals surface area contributed by atoms with Crippen molar-refractivity contribution in [3.63, 3.8) is 0 Å². The molecule has 0 bridgehead atoms. The molecule has 1 atom stereocenters. The monoisotopic (exact) mass is 386 g/mol. The number of hydrogen-bond acceptors (Lipinski definition) is 4. The molecule has 27 heavy (non-hydrogen) atoms. The lowest BCUT2D eigenvalue weighted by Gasteiger charge is -2.16. The quantitative estimate of drug-likeness (QED) is 0.797. The Morgan fingerprint density at radius 3 is 2.52 bits per heavy atom. The van der Waals surface area contributed by atoms with Crippen LogP contribution in [0.1, 0.15) is 34.1 Å². The normalized spacial score (nSPS) is 16.4. The van der Waals surface area contributed by atoms with Crippen LogP contribution in [0, 0.1) is 5.92 Å². The van der Waals surface area contributed by atoms with Gasteiger partial charge in [0, 0.05) is 18.7 Å². The summed E-state index contributed by atoms with van der Waals surface area (Å²) in [5.41, 5.74) is 8.42. The summed E-state index contributed by atoms with van der Waals surface area (Å²) in [7, 11) is 0. The van der Waals surface area contributed by atoms with Gasteiger partial charge in [0.1, 0.15) is 0 Å². The molecule has 142 valence electrons. The number of hydrogen-bond donors (Lipinski definition) is 1. The van der Waals surface area contributed by atoms with Crippen LogP contribution >= 0.6 is 11.6 Å². The number of likely N-dealkylation sites (tertiary alicyclic amines) is 1. The lowest BCUT2D eigenvalue weighted by molar-refractivity contribution is 0.0526. The summed E-state index contributed by atoms with van der Waals surface area (Å²) in [6.45, 7) is 4.13. The molecule has 1 fully saturated rings. The van der Waals surface area contributed by atoms with Gasteiger partial charge < -0.3 is 15.4 Å². The average Bonchev–Trinajstić information content (AvgIpc) is 3.17. The van der Waals surface area contributed by atoms with Crippen molar-refractivity contribution < 1.29 is 14.3 Å². The zero-order valence-corrected chi connectivity index (χ0v) is 16.0. The average molecular weight is 387 g/mol. The predicted octanol–water partition coefficient (Wildman–Crippen LogP) is 3.60. The Hall–Kier alpha value is -2.37. The molecule has 1 aliphatic heterocycles. The molecular formula is C21H23ClN2O3. The maximum absolute atomic E-state index is 12.6. The Morgan fingerprint density at radius 1 is 1.19 bits per heavy atom. The fourth-order valence-electron chi connectivity index (χ4n) is 3.27. The van der Waals surface area contributed by atoms with E-state index in [0.29, 0.717) is 28.6 Å². The SMILES string of the molecule is CCOC(=O)c1cc(-c2ccc(C(=O)N3CCC(CN)C3)cc2)ccc1Cl. The Labute approximate surface area is 164 Å². The summed E-state index contributed by atoms with van der Waals surface area (Å²) in [4.78, 5) is 26.5. The maximum Gasteiger partial charge on any atom is 0.339 e. The molecule has 0 aromatic heterocycles. The number of carbonyl (C=O) groups excluding carboxylic acids is 2. The van der Waals surface area contributed by atoms with Crippen LogP contribution in [0.2, 0.25) is 5.02 Å². The fourth-order valence-corrected chi connectivity index (χ4v) is 3.46. The van der Waals surface area contributed by atoms with E-state index in [9.17, 15) is 9.59 Å². The third-order valence-corrected chi connectivity index (χ3v) is 5.16. The third kappa shape index (κ3) is 4.31. The number of rotatable bonds is 5. The second kappa shape index (κ2) is 8.55. The molecule has 1 heterocycles. The molecule has 0 aliphatic carbocycles. The predicted molar refractivity (Wildman–Crippen MR) is 106 cm³/mol. The highest BCUT2D eigenvalue weighted by molar-refractivity contribution is 6.33. The highest BCUT2D eigenvalue weighted by Crippen LogP contribution is 2.27. The van der Waals surface area contributed by atoms with Crippen LogP contribution < -0.4 is 5.73 Å². The van der Waals surface area contributed by atoms with Crippen LogP contribution in [0.5, 0.6) is 0 Å².